The van der Waals surface area contributed by atoms with E-state index in [0.717, 1.165) is 27.1 Å². The molecule has 0 unspecified atom stereocenters. The fourth-order valence-corrected chi connectivity index (χ4v) is 7.60. The molecule has 0 aliphatic carbocycles. The molecule has 57 heavy (non-hydrogen) atoms. The zero-order chi connectivity index (χ0) is 51.4. The average molecular weight is 747 g/mol. The van der Waals surface area contributed by atoms with Crippen LogP contribution in [0, 0.1) is 0 Å². The Morgan fingerprint density at radius 1 is 0.421 bits per heavy atom. The van der Waals surface area contributed by atoms with Crippen LogP contribution in [0.4, 0.5) is 0 Å². The third kappa shape index (κ3) is 4.87. The highest BCUT2D eigenvalue weighted by atomic mass is 16.3. The number of aromatic nitrogens is 4. The molecule has 266 valence electrons. The normalized spacial score (nSPS) is 15.8. The number of hydrogen-bond donors (Lipinski definition) is 0. The van der Waals surface area contributed by atoms with Crippen molar-refractivity contribution in [1.82, 2.24) is 19.5 Å². The molecule has 0 aliphatic rings. The van der Waals surface area contributed by atoms with Crippen LogP contribution in [0.1, 0.15) is 21.9 Å². The van der Waals surface area contributed by atoms with Gasteiger partial charge in [0.1, 0.15) is 22.3 Å². The summed E-state index contributed by atoms with van der Waals surface area (Å²) in [4.78, 5) is 14.4. The Kier molecular flexibility index (Phi) is 4.26. The van der Waals surface area contributed by atoms with Crippen LogP contribution in [-0.4, -0.2) is 19.5 Å². The van der Waals surface area contributed by atoms with Crippen LogP contribution in [0.15, 0.2) is 190 Å². The summed E-state index contributed by atoms with van der Waals surface area (Å²) in [5.41, 5.74) is 1.01. The molecule has 0 atom stereocenters. The van der Waals surface area contributed by atoms with Crippen molar-refractivity contribution in [2.45, 2.75) is 0 Å². The van der Waals surface area contributed by atoms with Gasteiger partial charge in [-0.05, 0) is 53.0 Å². The molecule has 12 aromatic rings. The number of fused-ring (bicyclic) bond motifs is 10. The van der Waals surface area contributed by atoms with E-state index in [-0.39, 0.29) is 16.7 Å². The lowest BCUT2D eigenvalue weighted by Crippen LogP contribution is -2.07. The van der Waals surface area contributed by atoms with E-state index in [4.69, 9.17) is 36.6 Å². The van der Waals surface area contributed by atoms with Crippen LogP contribution in [0.2, 0.25) is 0 Å². The van der Waals surface area contributed by atoms with E-state index < -0.39 is 142 Å². The first kappa shape index (κ1) is 19.7. The van der Waals surface area contributed by atoms with Crippen LogP contribution in [0.5, 0.6) is 0 Å². The second-order valence-electron chi connectivity index (χ2n) is 13.1. The van der Waals surface area contributed by atoms with Gasteiger partial charge in [-0.15, -0.1) is 0 Å². The van der Waals surface area contributed by atoms with Crippen LogP contribution in [0.25, 0.3) is 117 Å². The maximum Gasteiger partial charge on any atom is 0.238 e. The summed E-state index contributed by atoms with van der Waals surface area (Å²) in [6.07, 6.45) is 0. The quantitative estimate of drug-likeness (QED) is 0.175. The van der Waals surface area contributed by atoms with Crippen molar-refractivity contribution in [3.63, 3.8) is 0 Å². The van der Waals surface area contributed by atoms with Crippen LogP contribution >= 0.6 is 0 Å². The Morgan fingerprint density at radius 2 is 1.16 bits per heavy atom. The number of furan rings is 2. The first-order chi connectivity index (χ1) is 34.9. The van der Waals surface area contributed by atoms with Gasteiger partial charge in [-0.25, -0.2) is 4.98 Å². The summed E-state index contributed by atoms with van der Waals surface area (Å²) in [6.45, 7) is 0. The standard InChI is InChI=1S/C51H30N4O2/c1-4-14-31(15-5-1)35-21-13-25-42-45(35)38-27-26-34(30-44(38)57-42)50-52-49(33-18-8-3-9-19-33)53-51(54-50)55-40-28-29-43-47(37-20-10-11-24-41(37)56-43)46(40)39-23-12-22-36(48(39)55)32-16-6-2-7-17-32/h1-30H/i1D,3D,4D,5D,8D,9D,13D,14D,15D,18D,19D,21D,25D,26D,27D,30D. The molecule has 6 heteroatoms. The highest BCUT2D eigenvalue weighted by molar-refractivity contribution is 6.28. The Hall–Kier alpha value is -7.83. The van der Waals surface area contributed by atoms with E-state index in [0.29, 0.717) is 27.8 Å². The molecule has 12 rings (SSSR count). The Labute approximate surface area is 348 Å². The highest BCUT2D eigenvalue weighted by Gasteiger charge is 2.24. The van der Waals surface area contributed by atoms with Gasteiger partial charge in [-0.3, -0.25) is 4.57 Å². The lowest BCUT2D eigenvalue weighted by atomic mass is 9.99. The minimum atomic E-state index is -0.754. The van der Waals surface area contributed by atoms with Crippen molar-refractivity contribution < 1.29 is 30.8 Å². The van der Waals surface area contributed by atoms with E-state index in [1.54, 1.807) is 10.6 Å². The third-order valence-electron chi connectivity index (χ3n) is 9.97. The molecule has 0 saturated heterocycles. The molecule has 0 N–H and O–H groups in total. The predicted octanol–water partition coefficient (Wildman–Crippen LogP) is 13.4. The van der Waals surface area contributed by atoms with Gasteiger partial charge in [0.05, 0.1) is 33.0 Å². The van der Waals surface area contributed by atoms with Gasteiger partial charge in [0, 0.05) is 49.0 Å². The van der Waals surface area contributed by atoms with Gasteiger partial charge in [-0.2, -0.15) is 9.97 Å². The number of para-hydroxylation sites is 2. The van der Waals surface area contributed by atoms with Crippen molar-refractivity contribution in [2.24, 2.45) is 0 Å². The maximum absolute atomic E-state index is 9.75. The molecule has 0 radical (unpaired) electrons. The van der Waals surface area contributed by atoms with Gasteiger partial charge >= 0.3 is 0 Å². The summed E-state index contributed by atoms with van der Waals surface area (Å²) in [5.74, 6) is -1.12. The molecule has 0 aliphatic heterocycles. The summed E-state index contributed by atoms with van der Waals surface area (Å²) in [5, 5.41) is 2.37. The van der Waals surface area contributed by atoms with Crippen molar-refractivity contribution in [3.8, 4) is 51.0 Å². The largest absolute Gasteiger partial charge is 0.456 e. The third-order valence-corrected chi connectivity index (χ3v) is 9.97. The molecule has 6 nitrogen and oxygen atoms in total. The molecule has 4 heterocycles. The second kappa shape index (κ2) is 12.3. The summed E-state index contributed by atoms with van der Waals surface area (Å²) >= 11 is 0. The average Bonchev–Trinajstić information content (AvgIpc) is 4.09. The van der Waals surface area contributed by atoms with E-state index in [9.17, 15) is 4.11 Å². The van der Waals surface area contributed by atoms with Gasteiger partial charge < -0.3 is 8.83 Å². The summed E-state index contributed by atoms with van der Waals surface area (Å²) < 4.78 is 156. The SMILES string of the molecule is [2H]c1c([2H])c([2H])c(-c2nc(-c3c([2H])c([2H])c4c(oc5c([2H])c([2H])c([2H])c(-c6c([2H])c([2H])c([2H])c([2H])c6[2H])c54)c3[2H])nc(-n3c4ccc5oc6ccccc6c5c4c4cccc(-c5ccccc5)c43)n2)c([2H])c1[2H]. The number of benzene rings is 8. The van der Waals surface area contributed by atoms with E-state index >= 15 is 0 Å². The molecular weight excluding hydrogens is 701 g/mol. The minimum Gasteiger partial charge on any atom is -0.456 e. The molecule has 0 spiro atoms. The van der Waals surface area contributed by atoms with Crippen molar-refractivity contribution in [3.05, 3.63) is 182 Å². The maximum atomic E-state index is 9.75. The molecule has 0 fully saturated rings. The summed E-state index contributed by atoms with van der Waals surface area (Å²) in [6, 6.07) is 15.0. The monoisotopic (exact) mass is 746 g/mol. The first-order valence-electron chi connectivity index (χ1n) is 25.7. The first-order valence-corrected chi connectivity index (χ1v) is 17.7. The molecule has 0 saturated carbocycles. The Bertz CT molecular complexity index is 4420. The van der Waals surface area contributed by atoms with Crippen molar-refractivity contribution in [1.29, 1.82) is 0 Å². The molecular formula is C51H30N4O2. The van der Waals surface area contributed by atoms with Crippen LogP contribution in [-0.2, 0) is 0 Å². The van der Waals surface area contributed by atoms with Crippen LogP contribution in [0.3, 0.4) is 0 Å². The topological polar surface area (TPSA) is 69.9 Å². The number of nitrogens with zero attached hydrogens (tertiary/aromatic N) is 4. The molecule has 4 aromatic heterocycles. The summed E-state index contributed by atoms with van der Waals surface area (Å²) in [7, 11) is 0. The molecule has 0 amide bonds. The smallest absolute Gasteiger partial charge is 0.238 e. The van der Waals surface area contributed by atoms with Gasteiger partial charge in [0.25, 0.3) is 0 Å². The van der Waals surface area contributed by atoms with Crippen molar-refractivity contribution >= 4 is 65.7 Å². The lowest BCUT2D eigenvalue weighted by molar-refractivity contribution is 0.669. The zero-order valence-corrected chi connectivity index (χ0v) is 29.2. The Morgan fingerprint density at radius 3 is 2.00 bits per heavy atom. The van der Waals surface area contributed by atoms with E-state index in [1.807, 2.05) is 78.9 Å². The second-order valence-corrected chi connectivity index (χ2v) is 13.1. The lowest BCUT2D eigenvalue weighted by Gasteiger charge is -2.13. The predicted molar refractivity (Wildman–Crippen MR) is 230 cm³/mol. The fraction of sp³-hybridized carbons (Fsp3) is 0. The van der Waals surface area contributed by atoms with Crippen LogP contribution < -0.4 is 0 Å². The van der Waals surface area contributed by atoms with Gasteiger partial charge in [0.15, 0.2) is 11.6 Å². The Balaban J connectivity index is 1.24. The van der Waals surface area contributed by atoms with Crippen molar-refractivity contribution in [2.75, 3.05) is 0 Å². The number of hydrogen-bond acceptors (Lipinski definition) is 5. The van der Waals surface area contributed by atoms with E-state index in [2.05, 4.69) is 4.98 Å². The van der Waals surface area contributed by atoms with Gasteiger partial charge in [-0.1, -0.05) is 145 Å². The highest BCUT2D eigenvalue weighted by Crippen LogP contribution is 2.44. The minimum absolute atomic E-state index is 0.188. The van der Waals surface area contributed by atoms with E-state index in [1.165, 1.54) is 0 Å². The molecule has 8 aromatic carbocycles. The number of rotatable bonds is 5. The molecule has 0 bridgehead atoms. The zero-order valence-electron chi connectivity index (χ0n) is 45.2. The van der Waals surface area contributed by atoms with Gasteiger partial charge in [0.2, 0.25) is 5.95 Å². The fourth-order valence-electron chi connectivity index (χ4n) is 7.60.